The van der Waals surface area contributed by atoms with Crippen LogP contribution in [0, 0.1) is 24.1 Å². The highest BCUT2D eigenvalue weighted by Crippen LogP contribution is 2.31. The van der Waals surface area contributed by atoms with Crippen molar-refractivity contribution in [1.29, 1.82) is 5.26 Å². The number of Topliss-reactive ketones (excluding diaryl/α,β-unsaturated/α-hetero) is 1. The summed E-state index contributed by atoms with van der Waals surface area (Å²) < 4.78 is 82.0. The molecule has 0 aliphatic heterocycles. The van der Waals surface area contributed by atoms with Gasteiger partial charge in [0.15, 0.2) is 0 Å². The summed E-state index contributed by atoms with van der Waals surface area (Å²) in [7, 11) is -5.48. The second-order valence-electron chi connectivity index (χ2n) is 8.41. The van der Waals surface area contributed by atoms with Gasteiger partial charge >= 0.3 is 0 Å². The number of fused-ring (bicyclic) bond motifs is 1. The zero-order valence-electron chi connectivity index (χ0n) is 20.2. The molecular formula is C24H24F2N4O5S2. The number of benzene rings is 2. The lowest BCUT2D eigenvalue weighted by Crippen LogP contribution is -2.20. The molecule has 0 amide bonds. The zero-order valence-corrected chi connectivity index (χ0v) is 21.8. The molecule has 0 spiro atoms. The van der Waals surface area contributed by atoms with E-state index in [1.165, 1.54) is 23.2 Å². The van der Waals surface area contributed by atoms with E-state index >= 15 is 0 Å². The van der Waals surface area contributed by atoms with E-state index in [0.29, 0.717) is 3.97 Å². The minimum atomic E-state index is -4.48. The molecule has 1 heterocycles. The maximum Gasteiger partial charge on any atom is 0.268 e. The van der Waals surface area contributed by atoms with Crippen LogP contribution in [0.1, 0.15) is 22.5 Å². The van der Waals surface area contributed by atoms with Gasteiger partial charge in [-0.3, -0.25) is 13.9 Å². The van der Waals surface area contributed by atoms with Crippen LogP contribution in [-0.2, 0) is 20.0 Å². The number of carbonyl (C=O) groups excluding carboxylic acids is 1. The van der Waals surface area contributed by atoms with Crippen molar-refractivity contribution in [3.8, 4) is 6.07 Å². The number of ketones is 1. The standard InChI is InChI=1S/C24H24F2N4O5S2/c1-16-5-7-19(8-6-16)37(34,35)30-22-13-21(28-36(32,33)10-4-9-25)20(26)11-17(22)12-23(30)24(31)18(14-27)15-29(2)3/h5-8,11-13,15,28H,4,9-10H2,1-3H3/b18-15+. The molecule has 0 fully saturated rings. The molecule has 0 atom stereocenters. The van der Waals surface area contributed by atoms with Crippen LogP contribution in [0.3, 0.4) is 0 Å². The number of aryl methyl sites for hydroxylation is 1. The fourth-order valence-corrected chi connectivity index (χ4v) is 6.10. The van der Waals surface area contributed by atoms with E-state index in [9.17, 15) is 35.7 Å². The summed E-state index contributed by atoms with van der Waals surface area (Å²) in [6.07, 6.45) is 0.902. The summed E-state index contributed by atoms with van der Waals surface area (Å²) in [5.41, 5.74) is -0.813. The van der Waals surface area contributed by atoms with Gasteiger partial charge in [-0.05, 0) is 43.7 Å². The minimum Gasteiger partial charge on any atom is -0.382 e. The number of nitriles is 1. The topological polar surface area (TPSA) is 129 Å². The molecule has 1 N–H and O–H groups in total. The van der Waals surface area contributed by atoms with Crippen LogP contribution in [0.4, 0.5) is 14.5 Å². The SMILES string of the molecule is Cc1ccc(S(=O)(=O)n2c(C(=O)/C(C#N)=C/N(C)C)cc3cc(F)c(NS(=O)(=O)CCCF)cc32)cc1. The monoisotopic (exact) mass is 550 g/mol. The van der Waals surface area contributed by atoms with Gasteiger partial charge in [0.1, 0.15) is 23.2 Å². The molecule has 0 aliphatic carbocycles. The first kappa shape index (κ1) is 27.8. The van der Waals surface area contributed by atoms with Crippen molar-refractivity contribution < 1.29 is 30.4 Å². The Kier molecular flexibility index (Phi) is 8.04. The first-order valence-electron chi connectivity index (χ1n) is 10.9. The van der Waals surface area contributed by atoms with Crippen LogP contribution >= 0.6 is 0 Å². The molecular weight excluding hydrogens is 526 g/mol. The van der Waals surface area contributed by atoms with E-state index in [1.54, 1.807) is 39.2 Å². The van der Waals surface area contributed by atoms with Crippen LogP contribution in [0.25, 0.3) is 10.9 Å². The van der Waals surface area contributed by atoms with Crippen LogP contribution in [0.5, 0.6) is 0 Å². The predicted octanol–water partition coefficient (Wildman–Crippen LogP) is 3.58. The summed E-state index contributed by atoms with van der Waals surface area (Å²) in [6.45, 7) is 0.860. The Morgan fingerprint density at radius 1 is 1.14 bits per heavy atom. The van der Waals surface area contributed by atoms with Gasteiger partial charge in [-0.2, -0.15) is 5.26 Å². The average Bonchev–Trinajstić information content (AvgIpc) is 3.20. The van der Waals surface area contributed by atoms with Crippen LogP contribution < -0.4 is 4.72 Å². The highest BCUT2D eigenvalue weighted by atomic mass is 32.2. The molecule has 0 bridgehead atoms. The van der Waals surface area contributed by atoms with Gasteiger partial charge in [0.25, 0.3) is 10.0 Å². The first-order valence-corrected chi connectivity index (χ1v) is 14.0. The molecule has 0 saturated heterocycles. The van der Waals surface area contributed by atoms with Gasteiger partial charge in [0, 0.05) is 25.7 Å². The number of allylic oxidation sites excluding steroid dienone is 1. The minimum absolute atomic E-state index is 0.0228. The lowest BCUT2D eigenvalue weighted by Gasteiger charge is -2.13. The van der Waals surface area contributed by atoms with Crippen molar-refractivity contribution in [3.05, 3.63) is 71.3 Å². The number of alkyl halides is 1. The lowest BCUT2D eigenvalue weighted by atomic mass is 10.1. The second-order valence-corrected chi connectivity index (χ2v) is 12.0. The number of hydrogen-bond acceptors (Lipinski definition) is 7. The number of carbonyl (C=O) groups is 1. The van der Waals surface area contributed by atoms with Crippen LogP contribution in [0.15, 0.2) is 59.1 Å². The third-order valence-corrected chi connectivity index (χ3v) is 8.30. The number of aromatic nitrogens is 1. The normalized spacial score (nSPS) is 12.4. The Morgan fingerprint density at radius 3 is 2.35 bits per heavy atom. The number of sulfonamides is 1. The van der Waals surface area contributed by atoms with Gasteiger partial charge < -0.3 is 4.90 Å². The number of hydrogen-bond donors (Lipinski definition) is 1. The van der Waals surface area contributed by atoms with Crippen molar-refractivity contribution in [2.24, 2.45) is 0 Å². The van der Waals surface area contributed by atoms with Gasteiger partial charge in [-0.15, -0.1) is 0 Å². The third-order valence-electron chi connectivity index (χ3n) is 5.20. The summed E-state index contributed by atoms with van der Waals surface area (Å²) in [5, 5.41) is 9.50. The van der Waals surface area contributed by atoms with Gasteiger partial charge in [-0.1, -0.05) is 17.7 Å². The Hall–Kier alpha value is -3.76. The third kappa shape index (κ3) is 5.98. The maximum absolute atomic E-state index is 14.9. The number of anilines is 1. The fraction of sp³-hybridized carbons (Fsp3) is 0.250. The molecule has 2 aromatic carbocycles. The molecule has 1 aromatic heterocycles. The predicted molar refractivity (Wildman–Crippen MR) is 135 cm³/mol. The zero-order chi connectivity index (χ0) is 27.5. The Labute approximate surface area is 213 Å². The largest absolute Gasteiger partial charge is 0.382 e. The van der Waals surface area contributed by atoms with Crippen LogP contribution in [0.2, 0.25) is 0 Å². The molecule has 13 heteroatoms. The van der Waals surface area contributed by atoms with E-state index in [2.05, 4.69) is 0 Å². The van der Waals surface area contributed by atoms with Crippen molar-refractivity contribution in [1.82, 2.24) is 8.87 Å². The molecule has 3 rings (SSSR count). The number of nitrogens with zero attached hydrogens (tertiary/aromatic N) is 3. The van der Waals surface area contributed by atoms with Gasteiger partial charge in [0.2, 0.25) is 15.8 Å². The summed E-state index contributed by atoms with van der Waals surface area (Å²) in [6, 6.07) is 10.4. The number of halogens is 2. The maximum atomic E-state index is 14.9. The number of rotatable bonds is 10. The van der Waals surface area contributed by atoms with Crippen molar-refractivity contribution in [2.45, 2.75) is 18.2 Å². The summed E-state index contributed by atoms with van der Waals surface area (Å²) >= 11 is 0. The Morgan fingerprint density at radius 2 is 1.78 bits per heavy atom. The van der Waals surface area contributed by atoms with E-state index in [0.717, 1.165) is 23.8 Å². The molecule has 0 unspecified atom stereocenters. The van der Waals surface area contributed by atoms with Crippen molar-refractivity contribution in [2.75, 3.05) is 31.2 Å². The molecule has 0 radical (unpaired) electrons. The van der Waals surface area contributed by atoms with E-state index in [-0.39, 0.29) is 27.8 Å². The number of nitrogens with one attached hydrogen (secondary N) is 1. The van der Waals surface area contributed by atoms with Gasteiger partial charge in [-0.25, -0.2) is 25.2 Å². The van der Waals surface area contributed by atoms with E-state index in [4.69, 9.17) is 0 Å². The molecule has 3 aromatic rings. The summed E-state index contributed by atoms with van der Waals surface area (Å²) in [5.74, 6) is -2.59. The second kappa shape index (κ2) is 10.7. The Balaban J connectivity index is 2.33. The van der Waals surface area contributed by atoms with E-state index < -0.39 is 55.5 Å². The smallest absolute Gasteiger partial charge is 0.268 e. The van der Waals surface area contributed by atoms with Crippen molar-refractivity contribution >= 4 is 42.4 Å². The van der Waals surface area contributed by atoms with E-state index in [1.807, 2.05) is 4.72 Å². The van der Waals surface area contributed by atoms with Crippen molar-refractivity contribution in [3.63, 3.8) is 0 Å². The highest BCUT2D eigenvalue weighted by Gasteiger charge is 2.29. The lowest BCUT2D eigenvalue weighted by molar-refractivity contribution is 0.103. The highest BCUT2D eigenvalue weighted by molar-refractivity contribution is 7.92. The van der Waals surface area contributed by atoms with Crippen LogP contribution in [-0.4, -0.2) is 58.0 Å². The fourth-order valence-electron chi connectivity index (χ4n) is 3.51. The molecule has 196 valence electrons. The quantitative estimate of drug-likeness (QED) is 0.232. The molecule has 37 heavy (non-hydrogen) atoms. The van der Waals surface area contributed by atoms with Gasteiger partial charge in [0.05, 0.1) is 28.5 Å². The first-order chi connectivity index (χ1) is 17.3. The Bertz CT molecular complexity index is 1640. The molecule has 9 nitrogen and oxygen atoms in total. The average molecular weight is 551 g/mol. The molecule has 0 saturated carbocycles. The molecule has 0 aliphatic rings. The summed E-state index contributed by atoms with van der Waals surface area (Å²) in [4.78, 5) is 14.6.